The van der Waals surface area contributed by atoms with Gasteiger partial charge in [0.15, 0.2) is 5.58 Å². The molecule has 4 rings (SSSR count). The Morgan fingerprint density at radius 3 is 3.41 bits per heavy atom. The van der Waals surface area contributed by atoms with Crippen molar-refractivity contribution in [3.8, 4) is 0 Å². The lowest BCUT2D eigenvalue weighted by Gasteiger charge is -2.52. The Kier molecular flexibility index (Phi) is 1.93. The molecule has 2 aliphatic rings. The molecule has 17 heavy (non-hydrogen) atoms. The summed E-state index contributed by atoms with van der Waals surface area (Å²) < 4.78 is 5.41. The standard InChI is InChI=1S/C13H15N3O/c1-3-14-7-12-9(1)8-16(12)10-5-13-11(15-6-10)2-4-17-13/h2,4-6,9,12,14H,1,3,7-8H2/t9-,12-/m0/s1. The third-order valence-electron chi connectivity index (χ3n) is 4.04. The van der Waals surface area contributed by atoms with Crippen molar-refractivity contribution in [1.82, 2.24) is 10.3 Å². The van der Waals surface area contributed by atoms with E-state index in [1.165, 1.54) is 25.2 Å². The molecule has 0 unspecified atom stereocenters. The molecule has 4 nitrogen and oxygen atoms in total. The Balaban J connectivity index is 1.65. The summed E-state index contributed by atoms with van der Waals surface area (Å²) in [7, 11) is 0. The number of furan rings is 1. The minimum absolute atomic E-state index is 0.651. The van der Waals surface area contributed by atoms with Gasteiger partial charge in [-0.3, -0.25) is 4.98 Å². The van der Waals surface area contributed by atoms with Crippen LogP contribution in [0, 0.1) is 5.92 Å². The third-order valence-corrected chi connectivity index (χ3v) is 4.04. The smallest absolute Gasteiger partial charge is 0.154 e. The molecule has 2 aromatic rings. The van der Waals surface area contributed by atoms with Crippen LogP contribution in [-0.4, -0.2) is 30.7 Å². The summed E-state index contributed by atoms with van der Waals surface area (Å²) in [6, 6.07) is 4.66. The quantitative estimate of drug-likeness (QED) is 0.807. The highest BCUT2D eigenvalue weighted by atomic mass is 16.3. The zero-order chi connectivity index (χ0) is 11.2. The lowest BCUT2D eigenvalue weighted by atomic mass is 9.83. The van der Waals surface area contributed by atoms with Crippen LogP contribution in [0.25, 0.3) is 11.1 Å². The number of hydrogen-bond donors (Lipinski definition) is 1. The van der Waals surface area contributed by atoms with E-state index in [0.29, 0.717) is 6.04 Å². The Labute approximate surface area is 99.6 Å². The van der Waals surface area contributed by atoms with Gasteiger partial charge >= 0.3 is 0 Å². The van der Waals surface area contributed by atoms with Crippen LogP contribution in [0.3, 0.4) is 0 Å². The Bertz CT molecular complexity index is 550. The molecule has 88 valence electrons. The fourth-order valence-electron chi connectivity index (χ4n) is 3.01. The van der Waals surface area contributed by atoms with E-state index in [4.69, 9.17) is 4.42 Å². The maximum absolute atomic E-state index is 5.41. The fraction of sp³-hybridized carbons (Fsp3) is 0.462. The van der Waals surface area contributed by atoms with Crippen LogP contribution >= 0.6 is 0 Å². The van der Waals surface area contributed by atoms with Gasteiger partial charge in [0.05, 0.1) is 18.1 Å². The zero-order valence-electron chi connectivity index (χ0n) is 9.60. The van der Waals surface area contributed by atoms with Gasteiger partial charge in [-0.15, -0.1) is 0 Å². The van der Waals surface area contributed by atoms with Crippen LogP contribution < -0.4 is 10.2 Å². The first-order valence-corrected chi connectivity index (χ1v) is 6.22. The number of anilines is 1. The monoisotopic (exact) mass is 229 g/mol. The van der Waals surface area contributed by atoms with Crippen molar-refractivity contribution >= 4 is 16.8 Å². The summed E-state index contributed by atoms with van der Waals surface area (Å²) in [4.78, 5) is 6.86. The highest BCUT2D eigenvalue weighted by Gasteiger charge is 2.40. The van der Waals surface area contributed by atoms with E-state index in [0.717, 1.165) is 23.6 Å². The van der Waals surface area contributed by atoms with Crippen LogP contribution in [0.1, 0.15) is 6.42 Å². The molecule has 2 atom stereocenters. The van der Waals surface area contributed by atoms with Crippen LogP contribution in [0.4, 0.5) is 5.69 Å². The first kappa shape index (κ1) is 9.48. The van der Waals surface area contributed by atoms with Crippen molar-refractivity contribution in [2.75, 3.05) is 24.5 Å². The van der Waals surface area contributed by atoms with E-state index in [1.54, 1.807) is 6.26 Å². The van der Waals surface area contributed by atoms with Gasteiger partial charge in [-0.05, 0) is 18.9 Å². The molecule has 0 radical (unpaired) electrons. The number of aromatic nitrogens is 1. The molecule has 2 aliphatic heterocycles. The molecule has 2 fully saturated rings. The lowest BCUT2D eigenvalue weighted by molar-refractivity contribution is 0.229. The SMILES string of the molecule is c1cc2ncc(N3C[C@@H]4CCNC[C@@H]43)cc2o1. The average Bonchev–Trinajstić information content (AvgIpc) is 2.78. The highest BCUT2D eigenvalue weighted by Crippen LogP contribution is 2.35. The van der Waals surface area contributed by atoms with Crippen LogP contribution in [-0.2, 0) is 0 Å². The van der Waals surface area contributed by atoms with Crippen molar-refractivity contribution in [2.45, 2.75) is 12.5 Å². The van der Waals surface area contributed by atoms with E-state index in [1.807, 2.05) is 12.3 Å². The van der Waals surface area contributed by atoms with Crippen LogP contribution in [0.5, 0.6) is 0 Å². The second-order valence-corrected chi connectivity index (χ2v) is 4.97. The number of pyridine rings is 1. The van der Waals surface area contributed by atoms with E-state index in [2.05, 4.69) is 21.3 Å². The molecular formula is C13H15N3O. The summed E-state index contributed by atoms with van der Waals surface area (Å²) in [5.41, 5.74) is 3.01. The van der Waals surface area contributed by atoms with Gasteiger partial charge in [0.2, 0.25) is 0 Å². The molecule has 0 aliphatic carbocycles. The lowest BCUT2D eigenvalue weighted by Crippen LogP contribution is -2.63. The molecule has 0 saturated carbocycles. The summed E-state index contributed by atoms with van der Waals surface area (Å²) in [5, 5.41) is 3.46. The second-order valence-electron chi connectivity index (χ2n) is 4.97. The highest BCUT2D eigenvalue weighted by molar-refractivity contribution is 5.76. The molecule has 0 spiro atoms. The number of hydrogen-bond acceptors (Lipinski definition) is 4. The Hall–Kier alpha value is -1.55. The van der Waals surface area contributed by atoms with Gasteiger partial charge < -0.3 is 14.6 Å². The summed E-state index contributed by atoms with van der Waals surface area (Å²) in [6.45, 7) is 3.44. The van der Waals surface area contributed by atoms with Crippen molar-refractivity contribution in [3.05, 3.63) is 24.6 Å². The van der Waals surface area contributed by atoms with Crippen molar-refractivity contribution in [3.63, 3.8) is 0 Å². The third kappa shape index (κ3) is 1.37. The second kappa shape index (κ2) is 3.47. The summed E-state index contributed by atoms with van der Waals surface area (Å²) in [6.07, 6.45) is 4.96. The summed E-state index contributed by atoms with van der Waals surface area (Å²) >= 11 is 0. The average molecular weight is 229 g/mol. The molecule has 0 bridgehead atoms. The fourth-order valence-corrected chi connectivity index (χ4v) is 3.01. The minimum atomic E-state index is 0.651. The molecule has 2 aromatic heterocycles. The molecule has 1 N–H and O–H groups in total. The largest absolute Gasteiger partial charge is 0.463 e. The number of nitrogens with zero attached hydrogens (tertiary/aromatic N) is 2. The van der Waals surface area contributed by atoms with Gasteiger partial charge in [0.1, 0.15) is 5.52 Å². The van der Waals surface area contributed by atoms with Crippen molar-refractivity contribution < 1.29 is 4.42 Å². The van der Waals surface area contributed by atoms with Crippen LogP contribution in [0.15, 0.2) is 29.0 Å². The molecule has 0 amide bonds. The normalized spacial score (nSPS) is 27.9. The number of fused-ring (bicyclic) bond motifs is 2. The number of piperidine rings is 1. The molecule has 2 saturated heterocycles. The Morgan fingerprint density at radius 2 is 2.47 bits per heavy atom. The predicted molar refractivity (Wildman–Crippen MR) is 66.1 cm³/mol. The van der Waals surface area contributed by atoms with Crippen molar-refractivity contribution in [1.29, 1.82) is 0 Å². The van der Waals surface area contributed by atoms with Gasteiger partial charge in [-0.1, -0.05) is 0 Å². The number of rotatable bonds is 1. The van der Waals surface area contributed by atoms with E-state index in [9.17, 15) is 0 Å². The molecule has 4 heterocycles. The topological polar surface area (TPSA) is 41.3 Å². The van der Waals surface area contributed by atoms with Gasteiger partial charge in [-0.2, -0.15) is 0 Å². The van der Waals surface area contributed by atoms with Crippen LogP contribution in [0.2, 0.25) is 0 Å². The number of nitrogens with one attached hydrogen (secondary N) is 1. The zero-order valence-corrected chi connectivity index (χ0v) is 9.60. The molecule has 0 aromatic carbocycles. The van der Waals surface area contributed by atoms with E-state index < -0.39 is 0 Å². The molecule has 4 heteroatoms. The van der Waals surface area contributed by atoms with E-state index >= 15 is 0 Å². The molecular weight excluding hydrogens is 214 g/mol. The van der Waals surface area contributed by atoms with Gasteiger partial charge in [-0.25, -0.2) is 0 Å². The van der Waals surface area contributed by atoms with Gasteiger partial charge in [0, 0.05) is 31.3 Å². The Morgan fingerprint density at radius 1 is 1.47 bits per heavy atom. The maximum Gasteiger partial charge on any atom is 0.154 e. The first-order valence-electron chi connectivity index (χ1n) is 6.22. The van der Waals surface area contributed by atoms with Crippen molar-refractivity contribution in [2.24, 2.45) is 5.92 Å². The minimum Gasteiger partial charge on any atom is -0.463 e. The van der Waals surface area contributed by atoms with E-state index in [-0.39, 0.29) is 0 Å². The first-order chi connectivity index (χ1) is 8.42. The predicted octanol–water partition coefficient (Wildman–Crippen LogP) is 1.63. The maximum atomic E-state index is 5.41. The summed E-state index contributed by atoms with van der Waals surface area (Å²) in [5.74, 6) is 0.864. The van der Waals surface area contributed by atoms with Gasteiger partial charge in [0.25, 0.3) is 0 Å².